The number of fused-ring (bicyclic) bond motifs is 2. The fraction of sp³-hybridized carbons (Fsp3) is 0.333. The summed E-state index contributed by atoms with van der Waals surface area (Å²) < 4.78 is 12.3. The van der Waals surface area contributed by atoms with Crippen LogP contribution < -0.4 is 10.7 Å². The highest BCUT2D eigenvalue weighted by Gasteiger charge is 2.24. The summed E-state index contributed by atoms with van der Waals surface area (Å²) in [6, 6.07) is 14.5. The third kappa shape index (κ3) is 6.69. The summed E-state index contributed by atoms with van der Waals surface area (Å²) in [7, 11) is 0. The first-order valence-corrected chi connectivity index (χ1v) is 13.3. The molecule has 0 unspecified atom stereocenters. The lowest BCUT2D eigenvalue weighted by Crippen LogP contribution is -2.47. The van der Waals surface area contributed by atoms with E-state index in [1.54, 1.807) is 13.1 Å². The first-order chi connectivity index (χ1) is 19.3. The number of hydrazone groups is 1. The number of aromatic nitrogens is 2. The van der Waals surface area contributed by atoms with Crippen molar-refractivity contribution < 1.29 is 23.9 Å². The molecular formula is C30H35N5O5. The van der Waals surface area contributed by atoms with E-state index < -0.39 is 18.0 Å². The molecule has 3 N–H and O–H groups in total. The van der Waals surface area contributed by atoms with E-state index in [1.807, 2.05) is 80.1 Å². The molecule has 0 saturated heterocycles. The maximum absolute atomic E-state index is 13.3. The fourth-order valence-corrected chi connectivity index (χ4v) is 4.55. The Morgan fingerprint density at radius 2 is 1.77 bits per heavy atom. The summed E-state index contributed by atoms with van der Waals surface area (Å²) in [6.45, 7) is 8.12. The number of para-hydroxylation sites is 2. The van der Waals surface area contributed by atoms with Crippen molar-refractivity contribution in [2.75, 3.05) is 13.2 Å². The molecule has 2 heterocycles. The average molecular weight is 546 g/mol. The van der Waals surface area contributed by atoms with E-state index >= 15 is 0 Å². The lowest BCUT2D eigenvalue weighted by Gasteiger charge is -2.17. The SMILES string of the molecule is CCOC(=O)Cn1c(C)c(/C=N\NC(=O)[C@H](Cc2c[nH]c3ccccc23)NC(=O)OCC(C)C)c2ccccc21. The Morgan fingerprint density at radius 1 is 1.05 bits per heavy atom. The number of rotatable bonds is 11. The monoisotopic (exact) mass is 545 g/mol. The second-order valence-corrected chi connectivity index (χ2v) is 9.89. The highest BCUT2D eigenvalue weighted by molar-refractivity contribution is 6.02. The highest BCUT2D eigenvalue weighted by Crippen LogP contribution is 2.25. The number of esters is 1. The van der Waals surface area contributed by atoms with Gasteiger partial charge in [0, 0.05) is 45.7 Å². The molecule has 2 aromatic heterocycles. The average Bonchev–Trinajstić information content (AvgIpc) is 3.46. The Kier molecular flexibility index (Phi) is 9.21. The van der Waals surface area contributed by atoms with Crippen molar-refractivity contribution in [1.29, 1.82) is 0 Å². The Labute approximate surface area is 232 Å². The molecule has 10 nitrogen and oxygen atoms in total. The Hall–Kier alpha value is -4.60. The first-order valence-electron chi connectivity index (χ1n) is 13.3. The summed E-state index contributed by atoms with van der Waals surface area (Å²) in [4.78, 5) is 41.1. The number of hydrogen-bond acceptors (Lipinski definition) is 6. The van der Waals surface area contributed by atoms with Crippen LogP contribution >= 0.6 is 0 Å². The molecule has 0 aliphatic rings. The second kappa shape index (κ2) is 13.0. The van der Waals surface area contributed by atoms with Crippen LogP contribution in [-0.4, -0.2) is 53.0 Å². The van der Waals surface area contributed by atoms with Crippen LogP contribution in [0, 0.1) is 12.8 Å². The number of nitrogens with one attached hydrogen (secondary N) is 3. The van der Waals surface area contributed by atoms with Gasteiger partial charge in [-0.2, -0.15) is 5.10 Å². The van der Waals surface area contributed by atoms with E-state index in [1.165, 1.54) is 0 Å². The molecule has 10 heteroatoms. The third-order valence-electron chi connectivity index (χ3n) is 6.50. The minimum absolute atomic E-state index is 0.0650. The van der Waals surface area contributed by atoms with Gasteiger partial charge in [0.15, 0.2) is 0 Å². The van der Waals surface area contributed by atoms with Gasteiger partial charge in [0.1, 0.15) is 12.6 Å². The Bertz CT molecular complexity index is 1530. The van der Waals surface area contributed by atoms with Crippen molar-refractivity contribution in [2.24, 2.45) is 11.0 Å². The maximum atomic E-state index is 13.3. The Morgan fingerprint density at radius 3 is 2.52 bits per heavy atom. The smallest absolute Gasteiger partial charge is 0.407 e. The van der Waals surface area contributed by atoms with Crippen LogP contribution in [0.25, 0.3) is 21.8 Å². The van der Waals surface area contributed by atoms with Gasteiger partial charge in [-0.15, -0.1) is 0 Å². The molecule has 4 aromatic rings. The minimum Gasteiger partial charge on any atom is -0.465 e. The molecule has 0 spiro atoms. The van der Waals surface area contributed by atoms with E-state index in [0.29, 0.717) is 6.61 Å². The van der Waals surface area contributed by atoms with Crippen molar-refractivity contribution >= 4 is 46.0 Å². The lowest BCUT2D eigenvalue weighted by atomic mass is 10.0. The fourth-order valence-electron chi connectivity index (χ4n) is 4.55. The zero-order valence-electron chi connectivity index (χ0n) is 23.2. The molecule has 210 valence electrons. The summed E-state index contributed by atoms with van der Waals surface area (Å²) >= 11 is 0. The summed E-state index contributed by atoms with van der Waals surface area (Å²) in [5.41, 5.74) is 6.81. The van der Waals surface area contributed by atoms with Gasteiger partial charge in [0.25, 0.3) is 5.91 Å². The second-order valence-electron chi connectivity index (χ2n) is 9.89. The van der Waals surface area contributed by atoms with Crippen molar-refractivity contribution in [3.05, 3.63) is 71.5 Å². The number of H-pyrrole nitrogens is 1. The van der Waals surface area contributed by atoms with E-state index in [2.05, 4.69) is 20.8 Å². The molecule has 1 atom stereocenters. The zero-order valence-corrected chi connectivity index (χ0v) is 23.2. The van der Waals surface area contributed by atoms with Crippen LogP contribution in [0.15, 0.2) is 59.8 Å². The number of amides is 2. The van der Waals surface area contributed by atoms with Gasteiger partial charge in [-0.3, -0.25) is 9.59 Å². The van der Waals surface area contributed by atoms with Crippen LogP contribution in [0.3, 0.4) is 0 Å². The summed E-state index contributed by atoms with van der Waals surface area (Å²) in [5.74, 6) is -0.667. The van der Waals surface area contributed by atoms with Crippen molar-refractivity contribution in [3.63, 3.8) is 0 Å². The number of benzene rings is 2. The van der Waals surface area contributed by atoms with Gasteiger partial charge in [-0.25, -0.2) is 10.2 Å². The van der Waals surface area contributed by atoms with Crippen molar-refractivity contribution in [3.8, 4) is 0 Å². The van der Waals surface area contributed by atoms with E-state index in [4.69, 9.17) is 9.47 Å². The molecule has 0 saturated carbocycles. The molecule has 40 heavy (non-hydrogen) atoms. The molecule has 0 radical (unpaired) electrons. The maximum Gasteiger partial charge on any atom is 0.407 e. The topological polar surface area (TPSA) is 127 Å². The number of hydrogen-bond donors (Lipinski definition) is 3. The van der Waals surface area contributed by atoms with Gasteiger partial charge in [0.2, 0.25) is 0 Å². The number of nitrogens with zero attached hydrogens (tertiary/aromatic N) is 2. The molecule has 2 aromatic carbocycles. The van der Waals surface area contributed by atoms with Crippen LogP contribution in [0.5, 0.6) is 0 Å². The normalized spacial score (nSPS) is 12.2. The Balaban J connectivity index is 1.54. The van der Waals surface area contributed by atoms with E-state index in [-0.39, 0.29) is 31.5 Å². The van der Waals surface area contributed by atoms with Crippen LogP contribution in [0.4, 0.5) is 4.79 Å². The van der Waals surface area contributed by atoms with Crippen LogP contribution in [-0.2, 0) is 32.0 Å². The molecule has 4 rings (SSSR count). The predicted molar refractivity (Wildman–Crippen MR) is 154 cm³/mol. The van der Waals surface area contributed by atoms with E-state index in [0.717, 1.165) is 38.6 Å². The van der Waals surface area contributed by atoms with Gasteiger partial charge < -0.3 is 24.3 Å². The molecule has 0 bridgehead atoms. The largest absolute Gasteiger partial charge is 0.465 e. The number of carbonyl (C=O) groups excluding carboxylic acids is 3. The van der Waals surface area contributed by atoms with Gasteiger partial charge >= 0.3 is 12.1 Å². The number of aromatic amines is 1. The molecule has 0 fully saturated rings. The summed E-state index contributed by atoms with van der Waals surface area (Å²) in [6.07, 6.45) is 2.95. The predicted octanol–water partition coefficient (Wildman–Crippen LogP) is 4.44. The quantitative estimate of drug-likeness (QED) is 0.146. The first kappa shape index (κ1) is 28.4. The van der Waals surface area contributed by atoms with Crippen molar-refractivity contribution in [2.45, 2.75) is 46.7 Å². The minimum atomic E-state index is -0.928. The molecular weight excluding hydrogens is 510 g/mol. The molecule has 0 aliphatic heterocycles. The summed E-state index contributed by atoms with van der Waals surface area (Å²) in [5, 5.41) is 8.75. The van der Waals surface area contributed by atoms with Gasteiger partial charge in [-0.05, 0) is 37.5 Å². The zero-order chi connectivity index (χ0) is 28.6. The number of alkyl carbamates (subject to hydrolysis) is 1. The molecule has 0 aliphatic carbocycles. The van der Waals surface area contributed by atoms with E-state index in [9.17, 15) is 14.4 Å². The third-order valence-corrected chi connectivity index (χ3v) is 6.50. The standard InChI is InChI=1S/C30H35N5O5/c1-5-39-28(36)17-35-20(4)24(23-11-7-9-13-27(23)35)16-32-34-29(37)26(33-30(38)40-18-19(2)3)14-21-15-31-25-12-8-6-10-22(21)25/h6-13,15-16,19,26,31H,5,14,17-18H2,1-4H3,(H,33,38)(H,34,37)/b32-16-/t26-/m0/s1. The lowest BCUT2D eigenvalue weighted by molar-refractivity contribution is -0.143. The van der Waals surface area contributed by atoms with Crippen LogP contribution in [0.1, 0.15) is 37.6 Å². The molecule has 2 amide bonds. The van der Waals surface area contributed by atoms with Gasteiger partial charge in [0.05, 0.1) is 19.4 Å². The highest BCUT2D eigenvalue weighted by atomic mass is 16.5. The number of ether oxygens (including phenoxy) is 2. The van der Waals surface area contributed by atoms with Crippen molar-refractivity contribution in [1.82, 2.24) is 20.3 Å². The number of carbonyl (C=O) groups is 3. The van der Waals surface area contributed by atoms with Gasteiger partial charge in [-0.1, -0.05) is 50.2 Å². The van der Waals surface area contributed by atoms with Crippen LogP contribution in [0.2, 0.25) is 0 Å².